The van der Waals surface area contributed by atoms with Gasteiger partial charge in [0.15, 0.2) is 5.78 Å². The molecule has 210 valence electrons. The van der Waals surface area contributed by atoms with Gasteiger partial charge in [0.1, 0.15) is 0 Å². The first kappa shape index (κ1) is 28.9. The van der Waals surface area contributed by atoms with E-state index in [1.54, 1.807) is 32.9 Å². The molecular weight excluding hydrogens is 472 g/mol. The maximum Gasteiger partial charge on any atom is 0.159 e. The number of hydrogen-bond acceptors (Lipinski definition) is 7. The molecule has 7 heteroatoms. The van der Waals surface area contributed by atoms with Gasteiger partial charge in [-0.2, -0.15) is 0 Å². The molecule has 7 nitrogen and oxygen atoms in total. The lowest BCUT2D eigenvalue weighted by atomic mass is 9.45. The highest BCUT2D eigenvalue weighted by molar-refractivity contribution is 5.95. The normalized spacial score (nSPS) is 44.2. The number of aliphatic hydroxyl groups excluding tert-OH is 2. The zero-order chi connectivity index (χ0) is 27.6. The van der Waals surface area contributed by atoms with Crippen molar-refractivity contribution >= 4 is 5.78 Å². The topological polar surface area (TPSA) is 127 Å². The highest BCUT2D eigenvalue weighted by atomic mass is 16.5. The number of ether oxygens (including phenoxy) is 1. The minimum Gasteiger partial charge on any atom is -0.390 e. The molecule has 2 unspecified atom stereocenters. The van der Waals surface area contributed by atoms with Crippen LogP contribution in [-0.2, 0) is 9.53 Å². The van der Waals surface area contributed by atoms with E-state index >= 15 is 0 Å². The summed E-state index contributed by atoms with van der Waals surface area (Å²) in [5.41, 5.74) is -3.90. The first-order valence-electron chi connectivity index (χ1n) is 14.0. The molecule has 0 aromatic heterocycles. The molecule has 0 aliphatic heterocycles. The summed E-state index contributed by atoms with van der Waals surface area (Å²) in [6.45, 7) is 13.4. The monoisotopic (exact) mass is 520 g/mol. The van der Waals surface area contributed by atoms with Crippen molar-refractivity contribution in [2.24, 2.45) is 28.6 Å². The van der Waals surface area contributed by atoms with Gasteiger partial charge >= 0.3 is 0 Å². The van der Waals surface area contributed by atoms with Crippen LogP contribution in [0, 0.1) is 28.6 Å². The van der Waals surface area contributed by atoms with Gasteiger partial charge in [-0.05, 0) is 101 Å². The van der Waals surface area contributed by atoms with Gasteiger partial charge in [0.05, 0.1) is 41.7 Å². The molecule has 3 saturated carbocycles. The van der Waals surface area contributed by atoms with E-state index in [1.165, 1.54) is 0 Å². The number of fused-ring (bicyclic) bond motifs is 5. The minimum atomic E-state index is -1.28. The zero-order valence-electron chi connectivity index (χ0n) is 23.2. The summed E-state index contributed by atoms with van der Waals surface area (Å²) in [6, 6.07) is 0. The van der Waals surface area contributed by atoms with E-state index in [4.69, 9.17) is 4.74 Å². The molecular formula is C30H48O7. The molecule has 5 N–H and O–H groups in total. The van der Waals surface area contributed by atoms with Crippen molar-refractivity contribution in [3.8, 4) is 0 Å². The van der Waals surface area contributed by atoms with Crippen molar-refractivity contribution in [1.82, 2.24) is 0 Å². The second-order valence-corrected chi connectivity index (χ2v) is 13.8. The van der Waals surface area contributed by atoms with E-state index in [-0.39, 0.29) is 36.6 Å². The predicted molar refractivity (Wildman–Crippen MR) is 141 cm³/mol. The van der Waals surface area contributed by atoms with E-state index in [2.05, 4.69) is 6.58 Å². The first-order chi connectivity index (χ1) is 17.0. The SMILES string of the molecule is C=CCO[C@H](CCC(C)(C)O)[C@@](C)(O)C1CC[C@@]2(O)C3=CC(=O)[C@@H]4C[C@@H](O)[C@@H](O)C[C@]4(C)C3CC[C@]12C. The van der Waals surface area contributed by atoms with Gasteiger partial charge < -0.3 is 30.3 Å². The summed E-state index contributed by atoms with van der Waals surface area (Å²) in [5, 5.41) is 55.6. The predicted octanol–water partition coefficient (Wildman–Crippen LogP) is 3.06. The van der Waals surface area contributed by atoms with Crippen molar-refractivity contribution < 1.29 is 35.1 Å². The summed E-state index contributed by atoms with van der Waals surface area (Å²) in [7, 11) is 0. The molecule has 0 radical (unpaired) electrons. The van der Waals surface area contributed by atoms with E-state index in [0.717, 1.165) is 12.0 Å². The van der Waals surface area contributed by atoms with Crippen molar-refractivity contribution in [2.75, 3.05) is 6.61 Å². The van der Waals surface area contributed by atoms with E-state index in [1.807, 2.05) is 13.8 Å². The Morgan fingerprint density at radius 3 is 2.43 bits per heavy atom. The van der Waals surface area contributed by atoms with Gasteiger partial charge in [-0.1, -0.05) is 19.9 Å². The highest BCUT2D eigenvalue weighted by Gasteiger charge is 2.69. The molecule has 0 saturated heterocycles. The Morgan fingerprint density at radius 2 is 1.81 bits per heavy atom. The lowest BCUT2D eigenvalue weighted by Gasteiger charge is -2.60. The van der Waals surface area contributed by atoms with Crippen LogP contribution >= 0.6 is 0 Å². The fourth-order valence-corrected chi connectivity index (χ4v) is 8.74. The molecule has 10 atom stereocenters. The van der Waals surface area contributed by atoms with Crippen LogP contribution in [0.3, 0.4) is 0 Å². The number of aliphatic hydroxyl groups is 5. The molecule has 4 rings (SSSR count). The fourth-order valence-electron chi connectivity index (χ4n) is 8.74. The molecule has 0 heterocycles. The second kappa shape index (κ2) is 9.53. The summed E-state index contributed by atoms with van der Waals surface area (Å²) >= 11 is 0. The quantitative estimate of drug-likeness (QED) is 0.311. The van der Waals surface area contributed by atoms with E-state index < -0.39 is 45.9 Å². The number of carbonyl (C=O) groups is 1. The zero-order valence-corrected chi connectivity index (χ0v) is 23.2. The van der Waals surface area contributed by atoms with Crippen LogP contribution in [-0.4, -0.2) is 73.0 Å². The van der Waals surface area contributed by atoms with Gasteiger partial charge in [0.2, 0.25) is 0 Å². The molecule has 4 aliphatic carbocycles. The van der Waals surface area contributed by atoms with Crippen LogP contribution in [0.5, 0.6) is 0 Å². The Kier molecular flexibility index (Phi) is 7.44. The Hall–Kier alpha value is -1.09. The Morgan fingerprint density at radius 1 is 1.14 bits per heavy atom. The Labute approximate surface area is 221 Å². The fraction of sp³-hybridized carbons (Fsp3) is 0.833. The van der Waals surface area contributed by atoms with Crippen LogP contribution in [0.25, 0.3) is 0 Å². The summed E-state index contributed by atoms with van der Waals surface area (Å²) in [5.74, 6) is -0.804. The molecule has 4 aliphatic rings. The highest BCUT2D eigenvalue weighted by Crippen LogP contribution is 2.68. The van der Waals surface area contributed by atoms with Crippen LogP contribution in [0.1, 0.15) is 86.0 Å². The maximum absolute atomic E-state index is 13.4. The number of ketones is 1. The third-order valence-corrected chi connectivity index (χ3v) is 10.9. The Bertz CT molecular complexity index is 935. The van der Waals surface area contributed by atoms with Crippen LogP contribution in [0.4, 0.5) is 0 Å². The summed E-state index contributed by atoms with van der Waals surface area (Å²) in [6.07, 6.45) is 4.84. The number of hydrogen-bond donors (Lipinski definition) is 5. The average molecular weight is 521 g/mol. The number of allylic oxidation sites excluding steroid dienone is 1. The lowest BCUT2D eigenvalue weighted by molar-refractivity contribution is -0.184. The van der Waals surface area contributed by atoms with Crippen LogP contribution < -0.4 is 0 Å². The van der Waals surface area contributed by atoms with Crippen molar-refractivity contribution in [2.45, 2.75) is 121 Å². The van der Waals surface area contributed by atoms with Gasteiger partial charge in [0.25, 0.3) is 0 Å². The summed E-state index contributed by atoms with van der Waals surface area (Å²) < 4.78 is 6.07. The van der Waals surface area contributed by atoms with Crippen molar-refractivity contribution in [3.63, 3.8) is 0 Å². The third kappa shape index (κ3) is 4.57. The largest absolute Gasteiger partial charge is 0.390 e. The molecule has 3 fully saturated rings. The average Bonchev–Trinajstić information content (AvgIpc) is 3.07. The smallest absolute Gasteiger partial charge is 0.159 e. The third-order valence-electron chi connectivity index (χ3n) is 10.9. The van der Waals surface area contributed by atoms with Gasteiger partial charge in [-0.3, -0.25) is 4.79 Å². The summed E-state index contributed by atoms with van der Waals surface area (Å²) in [4.78, 5) is 13.4. The van der Waals surface area contributed by atoms with Crippen LogP contribution in [0.15, 0.2) is 24.3 Å². The van der Waals surface area contributed by atoms with Gasteiger partial charge in [-0.15, -0.1) is 6.58 Å². The van der Waals surface area contributed by atoms with Gasteiger partial charge in [-0.25, -0.2) is 0 Å². The standard InChI is InChI=1S/C30H48O7/c1-7-14-37-25(10-11-26(2,3)34)29(6,35)24-9-13-30(36)19-15-21(31)20-16-22(32)23(33)17-27(20,4)18(19)8-12-28(24,30)5/h7,15,18,20,22-25,32-36H,1,8-14,16-17H2,2-6H3/t18?,20-,22+,23-,24?,25+,27+,28+,29-,30+/m0/s1. The van der Waals surface area contributed by atoms with Crippen LogP contribution in [0.2, 0.25) is 0 Å². The van der Waals surface area contributed by atoms with Crippen molar-refractivity contribution in [1.29, 1.82) is 0 Å². The second-order valence-electron chi connectivity index (χ2n) is 13.8. The molecule has 0 spiro atoms. The van der Waals surface area contributed by atoms with Gasteiger partial charge in [0, 0.05) is 11.3 Å². The van der Waals surface area contributed by atoms with E-state index in [9.17, 15) is 30.3 Å². The Balaban J connectivity index is 1.68. The molecule has 0 aromatic carbocycles. The van der Waals surface area contributed by atoms with Crippen molar-refractivity contribution in [3.05, 3.63) is 24.3 Å². The van der Waals surface area contributed by atoms with E-state index in [0.29, 0.717) is 38.5 Å². The molecule has 0 bridgehead atoms. The molecule has 0 aromatic rings. The minimum absolute atomic E-state index is 0.0675. The lowest BCUT2D eigenvalue weighted by Crippen LogP contribution is -2.63. The number of rotatable bonds is 8. The molecule has 0 amide bonds. The maximum atomic E-state index is 13.4. The number of carbonyl (C=O) groups excluding carboxylic acids is 1. The first-order valence-corrected chi connectivity index (χ1v) is 14.0. The molecule has 37 heavy (non-hydrogen) atoms.